The highest BCUT2D eigenvalue weighted by molar-refractivity contribution is 5.94. The third kappa shape index (κ3) is 3.10. The van der Waals surface area contributed by atoms with E-state index in [2.05, 4.69) is 30.9 Å². The van der Waals surface area contributed by atoms with Gasteiger partial charge in [-0.2, -0.15) is 0 Å². The summed E-state index contributed by atoms with van der Waals surface area (Å²) >= 11 is 0. The third-order valence-corrected chi connectivity index (χ3v) is 3.69. The van der Waals surface area contributed by atoms with Crippen LogP contribution >= 0.6 is 0 Å². The average Bonchev–Trinajstić information content (AvgIpc) is 2.54. The van der Waals surface area contributed by atoms with Gasteiger partial charge in [0.1, 0.15) is 18.1 Å². The summed E-state index contributed by atoms with van der Waals surface area (Å²) in [7, 11) is 0. The monoisotopic (exact) mass is 280 g/mol. The summed E-state index contributed by atoms with van der Waals surface area (Å²) in [6, 6.07) is 10.4. The first-order valence-corrected chi connectivity index (χ1v) is 7.48. The van der Waals surface area contributed by atoms with E-state index in [1.54, 1.807) is 0 Å². The van der Waals surface area contributed by atoms with Crippen molar-refractivity contribution in [1.29, 1.82) is 0 Å². The molecular weight excluding hydrogens is 260 g/mol. The van der Waals surface area contributed by atoms with Gasteiger partial charge in [0.25, 0.3) is 0 Å². The van der Waals surface area contributed by atoms with Crippen molar-refractivity contribution in [2.75, 3.05) is 13.2 Å². The fraction of sp³-hybridized carbons (Fsp3) is 0.263. The van der Waals surface area contributed by atoms with Crippen molar-refractivity contribution < 1.29 is 9.47 Å². The van der Waals surface area contributed by atoms with Crippen LogP contribution in [0.5, 0.6) is 11.5 Å². The molecule has 1 aliphatic rings. The highest BCUT2D eigenvalue weighted by Gasteiger charge is 2.10. The van der Waals surface area contributed by atoms with Crippen LogP contribution in [0.3, 0.4) is 0 Å². The Hall–Kier alpha value is -2.22. The SMILES string of the molecule is C=CCCCCOc1ccc2ccc3c(c2c1)C=CCO3. The molecule has 2 aromatic rings. The lowest BCUT2D eigenvalue weighted by molar-refractivity contribution is 0.308. The van der Waals surface area contributed by atoms with Gasteiger partial charge in [-0.3, -0.25) is 0 Å². The first kappa shape index (κ1) is 13.7. The maximum absolute atomic E-state index is 5.85. The summed E-state index contributed by atoms with van der Waals surface area (Å²) < 4.78 is 11.5. The molecule has 0 bridgehead atoms. The lowest BCUT2D eigenvalue weighted by Crippen LogP contribution is -2.01. The fourth-order valence-electron chi connectivity index (χ4n) is 2.57. The predicted molar refractivity (Wildman–Crippen MR) is 88.0 cm³/mol. The van der Waals surface area contributed by atoms with E-state index >= 15 is 0 Å². The van der Waals surface area contributed by atoms with Crippen molar-refractivity contribution >= 4 is 16.8 Å². The van der Waals surface area contributed by atoms with Crippen molar-refractivity contribution in [3.05, 3.63) is 54.6 Å². The molecule has 0 saturated heterocycles. The molecule has 0 amide bonds. The molecule has 0 N–H and O–H groups in total. The Bertz CT molecular complexity index is 671. The van der Waals surface area contributed by atoms with Crippen LogP contribution in [-0.2, 0) is 0 Å². The van der Waals surface area contributed by atoms with Crippen LogP contribution in [0.4, 0.5) is 0 Å². The van der Waals surface area contributed by atoms with Crippen LogP contribution in [-0.4, -0.2) is 13.2 Å². The van der Waals surface area contributed by atoms with Gasteiger partial charge < -0.3 is 9.47 Å². The van der Waals surface area contributed by atoms with Gasteiger partial charge in [-0.25, -0.2) is 0 Å². The van der Waals surface area contributed by atoms with Crippen molar-refractivity contribution in [2.45, 2.75) is 19.3 Å². The highest BCUT2D eigenvalue weighted by atomic mass is 16.5. The van der Waals surface area contributed by atoms with E-state index in [1.807, 2.05) is 24.3 Å². The highest BCUT2D eigenvalue weighted by Crippen LogP contribution is 2.33. The Morgan fingerprint density at radius 1 is 1.19 bits per heavy atom. The van der Waals surface area contributed by atoms with E-state index in [1.165, 1.54) is 10.8 Å². The molecule has 2 nitrogen and oxygen atoms in total. The molecule has 0 atom stereocenters. The van der Waals surface area contributed by atoms with Crippen LogP contribution in [0.25, 0.3) is 16.8 Å². The molecule has 0 aromatic heterocycles. The molecule has 108 valence electrons. The smallest absolute Gasteiger partial charge is 0.127 e. The van der Waals surface area contributed by atoms with Crippen molar-refractivity contribution in [1.82, 2.24) is 0 Å². The maximum atomic E-state index is 5.85. The maximum Gasteiger partial charge on any atom is 0.127 e. The number of fused-ring (bicyclic) bond motifs is 3. The molecule has 0 unspecified atom stereocenters. The number of hydrogen-bond acceptors (Lipinski definition) is 2. The van der Waals surface area contributed by atoms with E-state index in [-0.39, 0.29) is 0 Å². The van der Waals surface area contributed by atoms with Gasteiger partial charge in [0.05, 0.1) is 6.61 Å². The summed E-state index contributed by atoms with van der Waals surface area (Å²) in [6.07, 6.45) is 9.37. The lowest BCUT2D eigenvalue weighted by atomic mass is 10.0. The van der Waals surface area contributed by atoms with E-state index in [9.17, 15) is 0 Å². The van der Waals surface area contributed by atoms with Crippen LogP contribution in [0.15, 0.2) is 49.1 Å². The molecule has 0 saturated carbocycles. The molecular formula is C19H20O2. The van der Waals surface area contributed by atoms with Crippen molar-refractivity contribution in [2.24, 2.45) is 0 Å². The third-order valence-electron chi connectivity index (χ3n) is 3.69. The number of rotatable bonds is 6. The molecule has 2 aromatic carbocycles. The van der Waals surface area contributed by atoms with E-state index in [4.69, 9.17) is 9.47 Å². The van der Waals surface area contributed by atoms with Crippen LogP contribution in [0.2, 0.25) is 0 Å². The second-order valence-electron chi connectivity index (χ2n) is 5.21. The number of ether oxygens (including phenoxy) is 2. The molecule has 0 aliphatic carbocycles. The fourth-order valence-corrected chi connectivity index (χ4v) is 2.57. The van der Waals surface area contributed by atoms with Crippen molar-refractivity contribution in [3.63, 3.8) is 0 Å². The Kier molecular flexibility index (Phi) is 4.25. The van der Waals surface area contributed by atoms with E-state index in [0.717, 1.165) is 42.9 Å². The summed E-state index contributed by atoms with van der Waals surface area (Å²) in [6.45, 7) is 5.13. The topological polar surface area (TPSA) is 18.5 Å². The molecule has 2 heteroatoms. The molecule has 21 heavy (non-hydrogen) atoms. The van der Waals surface area contributed by atoms with Gasteiger partial charge in [0.15, 0.2) is 0 Å². The zero-order valence-electron chi connectivity index (χ0n) is 12.2. The number of hydrogen-bond donors (Lipinski definition) is 0. The second kappa shape index (κ2) is 6.49. The first-order valence-electron chi connectivity index (χ1n) is 7.48. The van der Waals surface area contributed by atoms with Crippen LogP contribution in [0, 0.1) is 0 Å². The Morgan fingerprint density at radius 2 is 2.10 bits per heavy atom. The largest absolute Gasteiger partial charge is 0.494 e. The Morgan fingerprint density at radius 3 is 3.00 bits per heavy atom. The minimum atomic E-state index is 0.651. The number of unbranched alkanes of at least 4 members (excludes halogenated alkanes) is 2. The van der Waals surface area contributed by atoms with Gasteiger partial charge >= 0.3 is 0 Å². The Labute approximate surface area is 125 Å². The number of allylic oxidation sites excluding steroid dienone is 1. The first-order chi connectivity index (χ1) is 10.4. The normalized spacial score (nSPS) is 12.8. The van der Waals surface area contributed by atoms with Crippen LogP contribution < -0.4 is 9.47 Å². The summed E-state index contributed by atoms with van der Waals surface area (Å²) in [4.78, 5) is 0. The van der Waals surface area contributed by atoms with Gasteiger partial charge in [-0.15, -0.1) is 6.58 Å². The van der Waals surface area contributed by atoms with Crippen molar-refractivity contribution in [3.8, 4) is 11.5 Å². The van der Waals surface area contributed by atoms with Gasteiger partial charge in [0.2, 0.25) is 0 Å². The summed E-state index contributed by atoms with van der Waals surface area (Å²) in [5.74, 6) is 1.88. The summed E-state index contributed by atoms with van der Waals surface area (Å²) in [5.41, 5.74) is 1.15. The standard InChI is InChI=1S/C19H20O2/c1-2-3-4-5-12-20-16-10-8-15-9-11-19-17(18(15)14-16)7-6-13-21-19/h2,6-11,14H,1,3-5,12-13H2. The predicted octanol–water partition coefficient (Wildman–Crippen LogP) is 4.98. The average molecular weight is 280 g/mol. The van der Waals surface area contributed by atoms with Gasteiger partial charge in [-0.05, 0) is 54.3 Å². The molecule has 1 aliphatic heterocycles. The molecule has 1 heterocycles. The van der Waals surface area contributed by atoms with Crippen LogP contribution in [0.1, 0.15) is 24.8 Å². The van der Waals surface area contributed by atoms with Gasteiger partial charge in [-0.1, -0.05) is 24.3 Å². The minimum Gasteiger partial charge on any atom is -0.494 e. The quantitative estimate of drug-likeness (QED) is 0.549. The molecule has 0 fully saturated rings. The Balaban J connectivity index is 1.79. The van der Waals surface area contributed by atoms with Gasteiger partial charge in [0, 0.05) is 5.56 Å². The zero-order chi connectivity index (χ0) is 14.5. The second-order valence-corrected chi connectivity index (χ2v) is 5.21. The number of benzene rings is 2. The minimum absolute atomic E-state index is 0.651. The zero-order valence-corrected chi connectivity index (χ0v) is 12.2. The molecule has 3 rings (SSSR count). The summed E-state index contributed by atoms with van der Waals surface area (Å²) in [5, 5.41) is 2.40. The molecule has 0 radical (unpaired) electrons. The molecule has 0 spiro atoms. The lowest BCUT2D eigenvalue weighted by Gasteiger charge is -2.15. The van der Waals surface area contributed by atoms with E-state index in [0.29, 0.717) is 6.61 Å². The van der Waals surface area contributed by atoms with E-state index < -0.39 is 0 Å².